The highest BCUT2D eigenvalue weighted by molar-refractivity contribution is 5.84. The molecule has 1 atom stereocenters. The molecule has 0 aromatic carbocycles. The third-order valence-electron chi connectivity index (χ3n) is 2.25. The third kappa shape index (κ3) is 5.78. The number of carbonyl (C=O) groups is 1. The zero-order valence-electron chi connectivity index (χ0n) is 10.9. The lowest BCUT2D eigenvalue weighted by atomic mass is 10.0. The normalized spacial score (nSPS) is 14.1. The molecule has 0 heterocycles. The maximum Gasteiger partial charge on any atom is 0.251 e. The molecular weight excluding hydrogens is 190 g/mol. The number of ether oxygens (including phenoxy) is 1. The average Bonchev–Trinajstić information content (AvgIpc) is 2.01. The summed E-state index contributed by atoms with van der Waals surface area (Å²) >= 11 is 0. The summed E-state index contributed by atoms with van der Waals surface area (Å²) in [5.74, 6) is 0.563. The van der Waals surface area contributed by atoms with Crippen molar-refractivity contribution in [3.05, 3.63) is 0 Å². The number of nitrogens with one attached hydrogen (secondary N) is 1. The molecule has 90 valence electrons. The van der Waals surface area contributed by atoms with Gasteiger partial charge in [-0.2, -0.15) is 0 Å². The Morgan fingerprint density at radius 1 is 1.33 bits per heavy atom. The second-order valence-electron chi connectivity index (χ2n) is 4.95. The van der Waals surface area contributed by atoms with Gasteiger partial charge in [-0.3, -0.25) is 4.79 Å². The molecule has 0 aliphatic heterocycles. The van der Waals surface area contributed by atoms with Crippen LogP contribution in [-0.2, 0) is 9.53 Å². The van der Waals surface area contributed by atoms with E-state index in [1.54, 1.807) is 13.8 Å². The van der Waals surface area contributed by atoms with Crippen molar-refractivity contribution in [3.8, 4) is 0 Å². The monoisotopic (exact) mass is 215 g/mol. The molecule has 0 rings (SSSR count). The standard InChI is InChI=1S/C12H25NO2/c1-7-15-12(5,6)11(14)13-10(4)8-9(2)3/h9-10H,7-8H2,1-6H3,(H,13,14). The lowest BCUT2D eigenvalue weighted by molar-refractivity contribution is -0.142. The maximum atomic E-state index is 11.8. The summed E-state index contributed by atoms with van der Waals surface area (Å²) in [6.45, 7) is 12.4. The van der Waals surface area contributed by atoms with Crippen molar-refractivity contribution in [1.82, 2.24) is 5.32 Å². The number of rotatable bonds is 6. The quantitative estimate of drug-likeness (QED) is 0.738. The first kappa shape index (κ1) is 14.4. The van der Waals surface area contributed by atoms with Gasteiger partial charge in [0.25, 0.3) is 5.91 Å². The van der Waals surface area contributed by atoms with E-state index in [2.05, 4.69) is 19.2 Å². The molecule has 0 bridgehead atoms. The Balaban J connectivity index is 4.11. The van der Waals surface area contributed by atoms with E-state index in [1.807, 2.05) is 13.8 Å². The summed E-state index contributed by atoms with van der Waals surface area (Å²) in [4.78, 5) is 11.8. The number of hydrogen-bond acceptors (Lipinski definition) is 2. The van der Waals surface area contributed by atoms with Gasteiger partial charge in [-0.1, -0.05) is 13.8 Å². The molecule has 3 heteroatoms. The van der Waals surface area contributed by atoms with Crippen LogP contribution in [0.4, 0.5) is 0 Å². The smallest absolute Gasteiger partial charge is 0.251 e. The van der Waals surface area contributed by atoms with Gasteiger partial charge in [0.1, 0.15) is 5.60 Å². The minimum Gasteiger partial charge on any atom is -0.366 e. The zero-order chi connectivity index (χ0) is 12.1. The highest BCUT2D eigenvalue weighted by Crippen LogP contribution is 2.11. The first-order valence-corrected chi connectivity index (χ1v) is 5.74. The minimum absolute atomic E-state index is 0.0301. The summed E-state index contributed by atoms with van der Waals surface area (Å²) < 4.78 is 5.38. The van der Waals surface area contributed by atoms with Gasteiger partial charge < -0.3 is 10.1 Å². The molecule has 0 radical (unpaired) electrons. The number of amides is 1. The summed E-state index contributed by atoms with van der Waals surface area (Å²) in [5.41, 5.74) is -0.722. The van der Waals surface area contributed by atoms with E-state index in [-0.39, 0.29) is 11.9 Å². The van der Waals surface area contributed by atoms with Crippen LogP contribution in [0.25, 0.3) is 0 Å². The van der Waals surface area contributed by atoms with Crippen molar-refractivity contribution in [2.75, 3.05) is 6.61 Å². The molecule has 0 saturated heterocycles. The van der Waals surface area contributed by atoms with Gasteiger partial charge in [-0.25, -0.2) is 0 Å². The molecule has 1 N–H and O–H groups in total. The van der Waals surface area contributed by atoms with Crippen LogP contribution in [-0.4, -0.2) is 24.2 Å². The van der Waals surface area contributed by atoms with Gasteiger partial charge in [0.15, 0.2) is 0 Å². The molecular formula is C12H25NO2. The lowest BCUT2D eigenvalue weighted by Crippen LogP contribution is -2.47. The second-order valence-corrected chi connectivity index (χ2v) is 4.95. The van der Waals surface area contributed by atoms with Gasteiger partial charge in [0.05, 0.1) is 0 Å². The fourth-order valence-corrected chi connectivity index (χ4v) is 1.59. The fourth-order valence-electron chi connectivity index (χ4n) is 1.59. The van der Waals surface area contributed by atoms with Gasteiger partial charge in [-0.05, 0) is 40.0 Å². The largest absolute Gasteiger partial charge is 0.366 e. The Morgan fingerprint density at radius 2 is 1.87 bits per heavy atom. The van der Waals surface area contributed by atoms with Crippen LogP contribution in [0.15, 0.2) is 0 Å². The minimum atomic E-state index is -0.722. The van der Waals surface area contributed by atoms with Crippen molar-refractivity contribution < 1.29 is 9.53 Å². The Bertz CT molecular complexity index is 200. The van der Waals surface area contributed by atoms with Gasteiger partial charge in [0, 0.05) is 12.6 Å². The number of carbonyl (C=O) groups excluding carboxylic acids is 1. The summed E-state index contributed by atoms with van der Waals surface area (Å²) in [5, 5.41) is 2.97. The highest BCUT2D eigenvalue weighted by Gasteiger charge is 2.28. The first-order chi connectivity index (χ1) is 6.79. The van der Waals surface area contributed by atoms with Crippen molar-refractivity contribution in [2.24, 2.45) is 5.92 Å². The van der Waals surface area contributed by atoms with Crippen LogP contribution in [0.2, 0.25) is 0 Å². The van der Waals surface area contributed by atoms with Gasteiger partial charge in [-0.15, -0.1) is 0 Å². The Morgan fingerprint density at radius 3 is 2.27 bits per heavy atom. The van der Waals surface area contributed by atoms with Crippen molar-refractivity contribution in [3.63, 3.8) is 0 Å². The lowest BCUT2D eigenvalue weighted by Gasteiger charge is -2.26. The summed E-state index contributed by atoms with van der Waals surface area (Å²) in [6.07, 6.45) is 0.994. The summed E-state index contributed by atoms with van der Waals surface area (Å²) in [6, 6.07) is 0.206. The fraction of sp³-hybridized carbons (Fsp3) is 0.917. The SMILES string of the molecule is CCOC(C)(C)C(=O)NC(C)CC(C)C. The van der Waals surface area contributed by atoms with Crippen molar-refractivity contribution in [2.45, 2.75) is 59.6 Å². The van der Waals surface area contributed by atoms with Crippen molar-refractivity contribution in [1.29, 1.82) is 0 Å². The Kier molecular flexibility index (Phi) is 5.88. The van der Waals surface area contributed by atoms with Crippen LogP contribution in [0.1, 0.15) is 48.0 Å². The van der Waals surface area contributed by atoms with Crippen molar-refractivity contribution >= 4 is 5.91 Å². The second kappa shape index (κ2) is 6.11. The molecule has 1 amide bonds. The first-order valence-electron chi connectivity index (χ1n) is 5.74. The van der Waals surface area contributed by atoms with Crippen LogP contribution in [0.3, 0.4) is 0 Å². The van der Waals surface area contributed by atoms with E-state index in [0.717, 1.165) is 6.42 Å². The van der Waals surface area contributed by atoms with Crippen LogP contribution < -0.4 is 5.32 Å². The van der Waals surface area contributed by atoms with E-state index in [9.17, 15) is 4.79 Å². The maximum absolute atomic E-state index is 11.8. The van der Waals surface area contributed by atoms with Crippen LogP contribution in [0, 0.1) is 5.92 Å². The van der Waals surface area contributed by atoms with E-state index >= 15 is 0 Å². The molecule has 15 heavy (non-hydrogen) atoms. The average molecular weight is 215 g/mol. The van der Waals surface area contributed by atoms with E-state index < -0.39 is 5.60 Å². The third-order valence-corrected chi connectivity index (χ3v) is 2.25. The molecule has 0 saturated carbocycles. The molecule has 0 aliphatic carbocycles. The Labute approximate surface area is 93.6 Å². The predicted octanol–water partition coefficient (Wildman–Crippen LogP) is 2.35. The molecule has 3 nitrogen and oxygen atoms in total. The molecule has 1 unspecified atom stereocenters. The predicted molar refractivity (Wildman–Crippen MR) is 62.8 cm³/mol. The van der Waals surface area contributed by atoms with Gasteiger partial charge >= 0.3 is 0 Å². The van der Waals surface area contributed by atoms with E-state index in [1.165, 1.54) is 0 Å². The van der Waals surface area contributed by atoms with E-state index in [4.69, 9.17) is 4.74 Å². The van der Waals surface area contributed by atoms with Gasteiger partial charge in [0.2, 0.25) is 0 Å². The number of hydrogen-bond donors (Lipinski definition) is 1. The highest BCUT2D eigenvalue weighted by atomic mass is 16.5. The molecule has 0 aromatic heterocycles. The topological polar surface area (TPSA) is 38.3 Å². The zero-order valence-corrected chi connectivity index (χ0v) is 10.9. The molecule has 0 spiro atoms. The Hall–Kier alpha value is -0.570. The molecule has 0 aromatic rings. The molecule has 0 aliphatic rings. The molecule has 0 fully saturated rings. The van der Waals surface area contributed by atoms with E-state index in [0.29, 0.717) is 12.5 Å². The summed E-state index contributed by atoms with van der Waals surface area (Å²) in [7, 11) is 0. The van der Waals surface area contributed by atoms with Crippen LogP contribution in [0.5, 0.6) is 0 Å². The van der Waals surface area contributed by atoms with Crippen LogP contribution >= 0.6 is 0 Å².